The number of nitrogens with zero attached hydrogens (tertiary/aromatic N) is 2. The number of ether oxygens (including phenoxy) is 6. The molecular formula is C37H41N3O9. The molecule has 0 spiro atoms. The van der Waals surface area contributed by atoms with Gasteiger partial charge in [-0.3, -0.25) is 19.8 Å². The summed E-state index contributed by atoms with van der Waals surface area (Å²) in [5.74, 6) is 1.93. The molecule has 1 saturated heterocycles. The number of methoxy groups -OCH3 is 1. The first-order chi connectivity index (χ1) is 23.6. The second-order valence-electron chi connectivity index (χ2n) is 13.3. The maximum absolute atomic E-state index is 13.9. The maximum Gasteiger partial charge on any atom is 0.293 e. The number of Topliss-reactive ketones (excluding diaryl/α,β-unsaturated/α-hetero) is 1. The van der Waals surface area contributed by atoms with Gasteiger partial charge in [0.15, 0.2) is 17.3 Å². The molecule has 0 unspecified atom stereocenters. The standard InChI is InChI=1S/C37H41N3O9/c1-37(2,3)30-11-23(12-31(35(30)44-4)39-5-7-45-8-6-39)32(43)16-40-15-24-13-33-34(14-29(24)36(40)38)49-20-28-10-26(18-47-22-42)25(17-46-21-41)9-27(28)19-48-33/h9-14,21-22,38H,5-8,15-20H2,1-4H3. The summed E-state index contributed by atoms with van der Waals surface area (Å²) in [5.41, 5.74) is 6.73. The van der Waals surface area contributed by atoms with Crippen LogP contribution in [0.1, 0.15) is 70.1 Å². The average Bonchev–Trinajstić information content (AvgIpc) is 3.39. The minimum Gasteiger partial charge on any atom is -0.494 e. The third-order valence-corrected chi connectivity index (χ3v) is 9.09. The van der Waals surface area contributed by atoms with Gasteiger partial charge >= 0.3 is 0 Å². The van der Waals surface area contributed by atoms with Crippen molar-refractivity contribution < 1.29 is 42.8 Å². The Balaban J connectivity index is 1.23. The zero-order chi connectivity index (χ0) is 34.7. The summed E-state index contributed by atoms with van der Waals surface area (Å²) in [4.78, 5) is 39.6. The van der Waals surface area contributed by atoms with Gasteiger partial charge in [0.25, 0.3) is 12.9 Å². The van der Waals surface area contributed by atoms with Crippen LogP contribution in [-0.4, -0.2) is 69.4 Å². The highest BCUT2D eigenvalue weighted by molar-refractivity contribution is 6.06. The Morgan fingerprint density at radius 3 is 2.06 bits per heavy atom. The van der Waals surface area contributed by atoms with Gasteiger partial charge in [-0.05, 0) is 69.6 Å². The Labute approximate surface area is 285 Å². The van der Waals surface area contributed by atoms with Crippen molar-refractivity contribution in [2.45, 2.75) is 59.2 Å². The first-order valence-corrected chi connectivity index (χ1v) is 16.2. The van der Waals surface area contributed by atoms with Crippen molar-refractivity contribution >= 4 is 30.3 Å². The number of nitrogens with one attached hydrogen (secondary N) is 1. The first-order valence-electron chi connectivity index (χ1n) is 16.2. The SMILES string of the molecule is COc1c(N2CCOCC2)cc(C(=O)CN2Cc3cc4c(cc3C2=N)OCc2cc(COC=O)c(COC=O)cc2CO4)cc1C(C)(C)C. The number of carbonyl (C=O) groups is 3. The van der Waals surface area contributed by atoms with Crippen molar-refractivity contribution in [1.29, 1.82) is 5.41 Å². The van der Waals surface area contributed by atoms with Crippen LogP contribution in [0.25, 0.3) is 0 Å². The molecule has 1 N–H and O–H groups in total. The number of fused-ring (bicyclic) bond motifs is 3. The van der Waals surface area contributed by atoms with E-state index in [1.807, 2.05) is 30.3 Å². The van der Waals surface area contributed by atoms with Crippen molar-refractivity contribution in [2.24, 2.45) is 0 Å². The van der Waals surface area contributed by atoms with Gasteiger partial charge < -0.3 is 38.2 Å². The van der Waals surface area contributed by atoms with Crippen LogP contribution < -0.4 is 19.1 Å². The van der Waals surface area contributed by atoms with Crippen LogP contribution in [0.4, 0.5) is 5.69 Å². The predicted octanol–water partition coefficient (Wildman–Crippen LogP) is 4.67. The fraction of sp³-hybridized carbons (Fsp3) is 0.405. The molecule has 6 rings (SSSR count). The van der Waals surface area contributed by atoms with Crippen LogP contribution in [0.2, 0.25) is 0 Å². The predicted molar refractivity (Wildman–Crippen MR) is 180 cm³/mol. The summed E-state index contributed by atoms with van der Waals surface area (Å²) in [7, 11) is 1.67. The minimum absolute atomic E-state index is 0.0214. The largest absolute Gasteiger partial charge is 0.494 e. The molecule has 0 amide bonds. The summed E-state index contributed by atoms with van der Waals surface area (Å²) >= 11 is 0. The number of rotatable bonds is 11. The Kier molecular flexibility index (Phi) is 9.77. The van der Waals surface area contributed by atoms with Crippen LogP contribution >= 0.6 is 0 Å². The van der Waals surface area contributed by atoms with E-state index in [-0.39, 0.29) is 50.0 Å². The van der Waals surface area contributed by atoms with E-state index < -0.39 is 0 Å². The quantitative estimate of drug-likeness (QED) is 0.225. The number of hydrogen-bond acceptors (Lipinski definition) is 11. The molecule has 3 aliphatic rings. The van der Waals surface area contributed by atoms with Gasteiger partial charge in [0.1, 0.15) is 38.0 Å². The number of benzene rings is 3. The van der Waals surface area contributed by atoms with E-state index in [4.69, 9.17) is 33.8 Å². The fourth-order valence-electron chi connectivity index (χ4n) is 6.51. The molecule has 12 nitrogen and oxygen atoms in total. The zero-order valence-electron chi connectivity index (χ0n) is 28.3. The van der Waals surface area contributed by atoms with Gasteiger partial charge in [-0.25, -0.2) is 0 Å². The lowest BCUT2D eigenvalue weighted by Gasteiger charge is -2.33. The smallest absolute Gasteiger partial charge is 0.293 e. The molecule has 0 radical (unpaired) electrons. The molecule has 49 heavy (non-hydrogen) atoms. The van der Waals surface area contributed by atoms with Crippen molar-refractivity contribution in [3.63, 3.8) is 0 Å². The van der Waals surface area contributed by atoms with Crippen molar-refractivity contribution in [2.75, 3.05) is 44.9 Å². The molecule has 3 heterocycles. The Morgan fingerprint density at radius 2 is 1.49 bits per heavy atom. The summed E-state index contributed by atoms with van der Waals surface area (Å²) in [6.07, 6.45) is 0. The number of amidine groups is 1. The highest BCUT2D eigenvalue weighted by atomic mass is 16.5. The molecule has 12 heteroatoms. The van der Waals surface area contributed by atoms with Crippen molar-refractivity contribution in [1.82, 2.24) is 4.90 Å². The van der Waals surface area contributed by atoms with Crippen LogP contribution in [0.3, 0.4) is 0 Å². The molecular weight excluding hydrogens is 630 g/mol. The van der Waals surface area contributed by atoms with E-state index in [1.165, 1.54) is 0 Å². The van der Waals surface area contributed by atoms with Crippen LogP contribution in [0.5, 0.6) is 17.2 Å². The summed E-state index contributed by atoms with van der Waals surface area (Å²) in [5, 5.41) is 9.01. The molecule has 258 valence electrons. The van der Waals surface area contributed by atoms with Gasteiger partial charge in [-0.2, -0.15) is 0 Å². The first kappa shape index (κ1) is 33.8. The minimum atomic E-state index is -0.273. The van der Waals surface area contributed by atoms with Crippen LogP contribution in [0, 0.1) is 5.41 Å². The molecule has 0 saturated carbocycles. The maximum atomic E-state index is 13.9. The second kappa shape index (κ2) is 14.2. The van der Waals surface area contributed by atoms with E-state index in [2.05, 4.69) is 25.7 Å². The van der Waals surface area contributed by atoms with E-state index in [1.54, 1.807) is 18.1 Å². The lowest BCUT2D eigenvalue weighted by Crippen LogP contribution is -2.37. The van der Waals surface area contributed by atoms with Crippen LogP contribution in [0.15, 0.2) is 36.4 Å². The monoisotopic (exact) mass is 671 g/mol. The van der Waals surface area contributed by atoms with Gasteiger partial charge in [0, 0.05) is 36.3 Å². The Bertz CT molecular complexity index is 1780. The highest BCUT2D eigenvalue weighted by Gasteiger charge is 2.31. The molecule has 0 bridgehead atoms. The van der Waals surface area contributed by atoms with E-state index in [0.29, 0.717) is 79.5 Å². The molecule has 3 aromatic rings. The lowest BCUT2D eigenvalue weighted by molar-refractivity contribution is -0.131. The average molecular weight is 672 g/mol. The van der Waals surface area contributed by atoms with Crippen LogP contribution in [-0.2, 0) is 62.2 Å². The third kappa shape index (κ3) is 7.05. The molecule has 0 aliphatic carbocycles. The normalized spacial score (nSPS) is 15.5. The summed E-state index contributed by atoms with van der Waals surface area (Å²) < 4.78 is 33.9. The molecule has 3 aliphatic heterocycles. The number of ketones is 1. The molecule has 1 fully saturated rings. The number of morpholine rings is 1. The van der Waals surface area contributed by atoms with Crippen molar-refractivity contribution in [3.05, 3.63) is 80.9 Å². The fourth-order valence-corrected chi connectivity index (χ4v) is 6.51. The number of anilines is 1. The second-order valence-corrected chi connectivity index (χ2v) is 13.3. The zero-order valence-corrected chi connectivity index (χ0v) is 28.3. The Morgan fingerprint density at radius 1 is 0.878 bits per heavy atom. The van der Waals surface area contributed by atoms with E-state index in [0.717, 1.165) is 33.7 Å². The topological polar surface area (TPSA) is 137 Å². The summed E-state index contributed by atoms with van der Waals surface area (Å²) in [6, 6.07) is 11.2. The molecule has 3 aromatic carbocycles. The van der Waals surface area contributed by atoms with E-state index >= 15 is 0 Å². The highest BCUT2D eigenvalue weighted by Crippen LogP contribution is 2.41. The van der Waals surface area contributed by atoms with Gasteiger partial charge in [-0.15, -0.1) is 0 Å². The summed E-state index contributed by atoms with van der Waals surface area (Å²) in [6.45, 7) is 10.6. The lowest BCUT2D eigenvalue weighted by atomic mass is 9.84. The molecule has 0 atom stereocenters. The molecule has 0 aromatic heterocycles. The Hall–Kier alpha value is -5.10. The van der Waals surface area contributed by atoms with Crippen molar-refractivity contribution in [3.8, 4) is 17.2 Å². The van der Waals surface area contributed by atoms with E-state index in [9.17, 15) is 14.4 Å². The third-order valence-electron chi connectivity index (χ3n) is 9.09. The number of hydrogen-bond donors (Lipinski definition) is 1. The van der Waals surface area contributed by atoms with Gasteiger partial charge in [0.2, 0.25) is 0 Å². The number of carbonyl (C=O) groups excluding carboxylic acids is 3. The van der Waals surface area contributed by atoms with Gasteiger partial charge in [-0.1, -0.05) is 20.8 Å². The van der Waals surface area contributed by atoms with Gasteiger partial charge in [0.05, 0.1) is 32.6 Å².